The summed E-state index contributed by atoms with van der Waals surface area (Å²) >= 11 is 0. The quantitative estimate of drug-likeness (QED) is 0.396. The Morgan fingerprint density at radius 2 is 1.77 bits per heavy atom. The Hall–Kier alpha value is -4.53. The standard InChI is InChI=1S/C26H25N5O4/c1-16(2)31-24-21(14-28-31)20(13-22(30-24)17-8-5-4-6-9-17)26(34)29-19-11-7-10-18(12-19)25(33)27-15-23(32)35-3/h4-14,16H,15H2,1-3H3,(H,27,33)(H,29,34). The van der Waals surface area contributed by atoms with Crippen LogP contribution in [0.4, 0.5) is 5.69 Å². The van der Waals surface area contributed by atoms with E-state index in [9.17, 15) is 14.4 Å². The van der Waals surface area contributed by atoms with Gasteiger partial charge in [0.1, 0.15) is 6.54 Å². The van der Waals surface area contributed by atoms with Gasteiger partial charge in [-0.25, -0.2) is 9.67 Å². The van der Waals surface area contributed by atoms with Crippen LogP contribution in [0.25, 0.3) is 22.3 Å². The molecule has 0 radical (unpaired) electrons. The number of hydrogen-bond donors (Lipinski definition) is 2. The Morgan fingerprint density at radius 3 is 2.49 bits per heavy atom. The van der Waals surface area contributed by atoms with Crippen molar-refractivity contribution in [2.75, 3.05) is 19.0 Å². The fraction of sp³-hybridized carbons (Fsp3) is 0.192. The van der Waals surface area contributed by atoms with Gasteiger partial charge in [-0.2, -0.15) is 5.10 Å². The molecule has 0 atom stereocenters. The number of fused-ring (bicyclic) bond motifs is 1. The molecule has 9 heteroatoms. The second kappa shape index (κ2) is 10.2. The van der Waals surface area contributed by atoms with Crippen molar-refractivity contribution in [1.82, 2.24) is 20.1 Å². The lowest BCUT2D eigenvalue weighted by molar-refractivity contribution is -0.139. The van der Waals surface area contributed by atoms with Gasteiger partial charge in [-0.1, -0.05) is 36.4 Å². The van der Waals surface area contributed by atoms with Gasteiger partial charge in [-0.3, -0.25) is 14.4 Å². The summed E-state index contributed by atoms with van der Waals surface area (Å²) in [7, 11) is 1.24. The number of methoxy groups -OCH3 is 1. The average molecular weight is 472 g/mol. The molecule has 2 amide bonds. The van der Waals surface area contributed by atoms with E-state index in [2.05, 4.69) is 20.5 Å². The van der Waals surface area contributed by atoms with Gasteiger partial charge in [0.15, 0.2) is 5.65 Å². The van der Waals surface area contributed by atoms with Crippen LogP contribution in [-0.4, -0.2) is 46.2 Å². The van der Waals surface area contributed by atoms with Crippen molar-refractivity contribution in [3.05, 3.63) is 78.0 Å². The highest BCUT2D eigenvalue weighted by molar-refractivity contribution is 6.13. The third kappa shape index (κ3) is 5.19. The highest BCUT2D eigenvalue weighted by Gasteiger charge is 2.19. The first kappa shape index (κ1) is 23.6. The van der Waals surface area contributed by atoms with E-state index in [1.807, 2.05) is 44.2 Å². The van der Waals surface area contributed by atoms with Crippen molar-refractivity contribution in [1.29, 1.82) is 0 Å². The Morgan fingerprint density at radius 1 is 1.00 bits per heavy atom. The largest absolute Gasteiger partial charge is 0.468 e. The summed E-state index contributed by atoms with van der Waals surface area (Å²) in [5, 5.41) is 10.4. The minimum atomic E-state index is -0.555. The molecule has 0 fully saturated rings. The molecule has 4 aromatic rings. The normalized spacial score (nSPS) is 10.9. The molecule has 0 aliphatic carbocycles. The van der Waals surface area contributed by atoms with Crippen molar-refractivity contribution in [3.63, 3.8) is 0 Å². The van der Waals surface area contributed by atoms with Gasteiger partial charge in [-0.15, -0.1) is 0 Å². The van der Waals surface area contributed by atoms with E-state index in [0.29, 0.717) is 33.5 Å². The van der Waals surface area contributed by atoms with E-state index in [0.717, 1.165) is 5.56 Å². The fourth-order valence-corrected chi connectivity index (χ4v) is 3.60. The highest BCUT2D eigenvalue weighted by atomic mass is 16.5. The van der Waals surface area contributed by atoms with E-state index < -0.39 is 11.9 Å². The van der Waals surface area contributed by atoms with Crippen molar-refractivity contribution in [2.45, 2.75) is 19.9 Å². The Kier molecular flexibility index (Phi) is 6.86. The summed E-state index contributed by atoms with van der Waals surface area (Å²) in [6.45, 7) is 3.75. The molecule has 0 aliphatic rings. The zero-order valence-electron chi connectivity index (χ0n) is 19.6. The fourth-order valence-electron chi connectivity index (χ4n) is 3.60. The molecule has 4 rings (SSSR count). The van der Waals surface area contributed by atoms with Gasteiger partial charge in [0, 0.05) is 22.9 Å². The van der Waals surface area contributed by atoms with Crippen LogP contribution in [0.5, 0.6) is 0 Å². The second-order valence-electron chi connectivity index (χ2n) is 8.13. The molecule has 0 bridgehead atoms. The lowest BCUT2D eigenvalue weighted by Crippen LogP contribution is -2.30. The molecule has 0 saturated heterocycles. The molecular weight excluding hydrogens is 446 g/mol. The van der Waals surface area contributed by atoms with Crippen LogP contribution in [0, 0.1) is 0 Å². The van der Waals surface area contributed by atoms with Gasteiger partial charge in [0.2, 0.25) is 0 Å². The van der Waals surface area contributed by atoms with Gasteiger partial charge >= 0.3 is 5.97 Å². The molecule has 2 N–H and O–H groups in total. The van der Waals surface area contributed by atoms with Crippen molar-refractivity contribution in [2.24, 2.45) is 0 Å². The highest BCUT2D eigenvalue weighted by Crippen LogP contribution is 2.27. The number of ether oxygens (including phenoxy) is 1. The van der Waals surface area contributed by atoms with E-state index in [-0.39, 0.29) is 18.5 Å². The summed E-state index contributed by atoms with van der Waals surface area (Å²) in [5.74, 6) is -1.37. The molecule has 0 spiro atoms. The Labute approximate surface area is 202 Å². The maximum absolute atomic E-state index is 13.4. The van der Waals surface area contributed by atoms with Crippen LogP contribution >= 0.6 is 0 Å². The van der Waals surface area contributed by atoms with Crippen molar-refractivity contribution < 1.29 is 19.1 Å². The molecular formula is C26H25N5O4. The topological polar surface area (TPSA) is 115 Å². The number of pyridine rings is 1. The minimum absolute atomic E-state index is 0.0575. The van der Waals surface area contributed by atoms with Crippen LogP contribution in [-0.2, 0) is 9.53 Å². The lowest BCUT2D eigenvalue weighted by Gasteiger charge is -2.12. The number of anilines is 1. The summed E-state index contributed by atoms with van der Waals surface area (Å²) in [6.07, 6.45) is 1.64. The average Bonchev–Trinajstić information content (AvgIpc) is 3.31. The zero-order chi connectivity index (χ0) is 24.9. The summed E-state index contributed by atoms with van der Waals surface area (Å²) in [4.78, 5) is 41.8. The third-order valence-electron chi connectivity index (χ3n) is 5.37. The van der Waals surface area contributed by atoms with Crippen LogP contribution in [0.3, 0.4) is 0 Å². The first-order valence-corrected chi connectivity index (χ1v) is 11.1. The van der Waals surface area contributed by atoms with Crippen molar-refractivity contribution >= 4 is 34.5 Å². The SMILES string of the molecule is COC(=O)CNC(=O)c1cccc(NC(=O)c2cc(-c3ccccc3)nc3c2cnn3C(C)C)c1. The second-order valence-corrected chi connectivity index (χ2v) is 8.13. The van der Waals surface area contributed by atoms with Gasteiger partial charge in [-0.05, 0) is 38.1 Å². The van der Waals surface area contributed by atoms with E-state index in [1.165, 1.54) is 7.11 Å². The molecule has 0 saturated carbocycles. The molecule has 2 heterocycles. The molecule has 0 aliphatic heterocycles. The van der Waals surface area contributed by atoms with E-state index in [4.69, 9.17) is 4.98 Å². The number of nitrogens with zero attached hydrogens (tertiary/aromatic N) is 3. The molecule has 0 unspecified atom stereocenters. The number of benzene rings is 2. The number of esters is 1. The first-order valence-electron chi connectivity index (χ1n) is 11.1. The number of nitrogens with one attached hydrogen (secondary N) is 2. The Balaban J connectivity index is 1.66. The van der Waals surface area contributed by atoms with Crippen molar-refractivity contribution in [3.8, 4) is 11.3 Å². The van der Waals surface area contributed by atoms with Crippen LogP contribution in [0.2, 0.25) is 0 Å². The number of amides is 2. The smallest absolute Gasteiger partial charge is 0.325 e. The number of rotatable bonds is 7. The van der Waals surface area contributed by atoms with Gasteiger partial charge in [0.25, 0.3) is 11.8 Å². The van der Waals surface area contributed by atoms with Gasteiger partial charge < -0.3 is 15.4 Å². The number of carbonyl (C=O) groups is 3. The number of aromatic nitrogens is 3. The number of hydrogen-bond acceptors (Lipinski definition) is 6. The summed E-state index contributed by atoms with van der Waals surface area (Å²) in [6, 6.07) is 17.9. The van der Waals surface area contributed by atoms with Gasteiger partial charge in [0.05, 0.1) is 30.0 Å². The predicted octanol–water partition coefficient (Wildman–Crippen LogP) is 3.83. The first-order chi connectivity index (χ1) is 16.9. The molecule has 178 valence electrons. The summed E-state index contributed by atoms with van der Waals surface area (Å²) < 4.78 is 6.31. The molecule has 35 heavy (non-hydrogen) atoms. The third-order valence-corrected chi connectivity index (χ3v) is 5.37. The molecule has 9 nitrogen and oxygen atoms in total. The van der Waals surface area contributed by atoms with Crippen LogP contribution in [0.1, 0.15) is 40.6 Å². The predicted molar refractivity (Wildman–Crippen MR) is 132 cm³/mol. The molecule has 2 aromatic heterocycles. The lowest BCUT2D eigenvalue weighted by atomic mass is 10.1. The monoisotopic (exact) mass is 471 g/mol. The zero-order valence-corrected chi connectivity index (χ0v) is 19.6. The van der Waals surface area contributed by atoms with Crippen LogP contribution in [0.15, 0.2) is 66.9 Å². The minimum Gasteiger partial charge on any atom is -0.468 e. The van der Waals surface area contributed by atoms with E-state index >= 15 is 0 Å². The maximum Gasteiger partial charge on any atom is 0.325 e. The Bertz CT molecular complexity index is 1400. The molecule has 2 aromatic carbocycles. The van der Waals surface area contributed by atoms with E-state index in [1.54, 1.807) is 41.2 Å². The number of carbonyl (C=O) groups excluding carboxylic acids is 3. The summed E-state index contributed by atoms with van der Waals surface area (Å²) in [5.41, 5.74) is 3.29. The van der Waals surface area contributed by atoms with Crippen LogP contribution < -0.4 is 10.6 Å². The maximum atomic E-state index is 13.4.